The third kappa shape index (κ3) is 3.45. The first-order chi connectivity index (χ1) is 11.9. The first-order valence-corrected chi connectivity index (χ1v) is 7.36. The second kappa shape index (κ2) is 6.51. The molecular formula is C18H13F4N3. The molecule has 0 amide bonds. The Kier molecular flexibility index (Phi) is 4.39. The van der Waals surface area contributed by atoms with Crippen molar-refractivity contribution in [3.8, 4) is 22.3 Å². The Morgan fingerprint density at radius 3 is 2.08 bits per heavy atom. The van der Waals surface area contributed by atoms with Gasteiger partial charge in [0.15, 0.2) is 0 Å². The highest BCUT2D eigenvalue weighted by Gasteiger charge is 2.30. The van der Waals surface area contributed by atoms with Gasteiger partial charge in [0.1, 0.15) is 5.82 Å². The van der Waals surface area contributed by atoms with Gasteiger partial charge in [-0.3, -0.25) is 0 Å². The zero-order chi connectivity index (χ0) is 18.0. The Bertz CT molecular complexity index is 890. The molecule has 1 aromatic heterocycles. The molecule has 1 heterocycles. The number of alkyl halides is 3. The molecular weight excluding hydrogens is 334 g/mol. The van der Waals surface area contributed by atoms with Crippen molar-refractivity contribution in [3.05, 3.63) is 66.2 Å². The van der Waals surface area contributed by atoms with Gasteiger partial charge in [0.2, 0.25) is 5.95 Å². The number of hydrogen-bond donors (Lipinski definition) is 1. The molecule has 0 saturated carbocycles. The maximum atomic E-state index is 14.9. The number of nitrogens with zero attached hydrogens (tertiary/aromatic N) is 2. The van der Waals surface area contributed by atoms with Crippen molar-refractivity contribution in [2.45, 2.75) is 6.18 Å². The van der Waals surface area contributed by atoms with Crippen LogP contribution in [0, 0.1) is 5.82 Å². The smallest absolute Gasteiger partial charge is 0.357 e. The van der Waals surface area contributed by atoms with Gasteiger partial charge in [-0.2, -0.15) is 13.2 Å². The van der Waals surface area contributed by atoms with Gasteiger partial charge in [-0.1, -0.05) is 30.3 Å². The standard InChI is InChI=1S/C18H13F4N3/c1-23-17-24-9-12(10-25-17)15-7-3-6-14(16(15)19)11-4-2-5-13(8-11)18(20,21)22/h2-10H,1H3,(H,23,24,25). The third-order valence-electron chi connectivity index (χ3n) is 3.69. The zero-order valence-corrected chi connectivity index (χ0v) is 13.1. The lowest BCUT2D eigenvalue weighted by Crippen LogP contribution is -2.04. The number of anilines is 1. The average molecular weight is 347 g/mol. The van der Waals surface area contributed by atoms with Crippen LogP contribution >= 0.6 is 0 Å². The highest BCUT2D eigenvalue weighted by molar-refractivity contribution is 5.74. The van der Waals surface area contributed by atoms with Crippen LogP contribution in [0.3, 0.4) is 0 Å². The number of nitrogens with one attached hydrogen (secondary N) is 1. The van der Waals surface area contributed by atoms with Crippen molar-refractivity contribution in [2.24, 2.45) is 0 Å². The SMILES string of the molecule is CNc1ncc(-c2cccc(-c3cccc(C(F)(F)F)c3)c2F)cn1. The van der Waals surface area contributed by atoms with E-state index in [1.54, 1.807) is 13.1 Å². The quantitative estimate of drug-likeness (QED) is 0.677. The Morgan fingerprint density at radius 1 is 0.880 bits per heavy atom. The fraction of sp³-hybridized carbons (Fsp3) is 0.111. The van der Waals surface area contributed by atoms with Crippen LogP contribution in [0.1, 0.15) is 5.56 Å². The van der Waals surface area contributed by atoms with Crippen LogP contribution < -0.4 is 5.32 Å². The molecule has 0 aliphatic heterocycles. The Morgan fingerprint density at radius 2 is 1.48 bits per heavy atom. The molecule has 0 bridgehead atoms. The Labute approximate surface area is 141 Å². The van der Waals surface area contributed by atoms with Crippen LogP contribution in [0.2, 0.25) is 0 Å². The molecule has 0 fully saturated rings. The van der Waals surface area contributed by atoms with Crippen molar-refractivity contribution < 1.29 is 17.6 Å². The summed E-state index contributed by atoms with van der Waals surface area (Å²) in [6.45, 7) is 0. The van der Waals surface area contributed by atoms with E-state index < -0.39 is 17.6 Å². The minimum absolute atomic E-state index is 0.0845. The van der Waals surface area contributed by atoms with Crippen LogP contribution in [0.4, 0.5) is 23.5 Å². The summed E-state index contributed by atoms with van der Waals surface area (Å²) in [6, 6.07) is 9.15. The maximum Gasteiger partial charge on any atom is 0.416 e. The molecule has 2 aromatic carbocycles. The predicted octanol–water partition coefficient (Wildman–Crippen LogP) is 5.01. The van der Waals surface area contributed by atoms with Gasteiger partial charge in [0.25, 0.3) is 0 Å². The summed E-state index contributed by atoms with van der Waals surface area (Å²) in [5.41, 5.74) is 0.0719. The molecule has 0 aliphatic carbocycles. The summed E-state index contributed by atoms with van der Waals surface area (Å²) in [4.78, 5) is 8.05. The fourth-order valence-electron chi connectivity index (χ4n) is 2.44. The van der Waals surface area contributed by atoms with Gasteiger partial charge in [-0.05, 0) is 17.7 Å². The van der Waals surface area contributed by atoms with E-state index in [4.69, 9.17) is 0 Å². The van der Waals surface area contributed by atoms with E-state index in [9.17, 15) is 17.6 Å². The number of aromatic nitrogens is 2. The Balaban J connectivity index is 2.07. The van der Waals surface area contributed by atoms with E-state index in [2.05, 4.69) is 15.3 Å². The van der Waals surface area contributed by atoms with Crippen molar-refractivity contribution in [2.75, 3.05) is 12.4 Å². The molecule has 0 atom stereocenters. The van der Waals surface area contributed by atoms with Crippen molar-refractivity contribution in [1.29, 1.82) is 0 Å². The van der Waals surface area contributed by atoms with Gasteiger partial charge < -0.3 is 5.32 Å². The van der Waals surface area contributed by atoms with Crippen LogP contribution in [0.25, 0.3) is 22.3 Å². The first-order valence-electron chi connectivity index (χ1n) is 7.36. The maximum absolute atomic E-state index is 14.9. The topological polar surface area (TPSA) is 37.8 Å². The van der Waals surface area contributed by atoms with Gasteiger partial charge in [-0.15, -0.1) is 0 Å². The molecule has 1 N–H and O–H groups in total. The summed E-state index contributed by atoms with van der Waals surface area (Å²) < 4.78 is 53.6. The largest absolute Gasteiger partial charge is 0.416 e. The fourth-order valence-corrected chi connectivity index (χ4v) is 2.44. The van der Waals surface area contributed by atoms with Crippen LogP contribution in [-0.4, -0.2) is 17.0 Å². The van der Waals surface area contributed by atoms with Gasteiger partial charge in [0, 0.05) is 36.1 Å². The molecule has 25 heavy (non-hydrogen) atoms. The average Bonchev–Trinajstić information content (AvgIpc) is 2.61. The molecule has 0 spiro atoms. The highest BCUT2D eigenvalue weighted by Crippen LogP contribution is 2.35. The first kappa shape index (κ1) is 16.9. The van der Waals surface area contributed by atoms with E-state index in [0.717, 1.165) is 12.1 Å². The van der Waals surface area contributed by atoms with E-state index >= 15 is 0 Å². The second-order valence-electron chi connectivity index (χ2n) is 5.29. The van der Waals surface area contributed by atoms with Crippen molar-refractivity contribution in [1.82, 2.24) is 9.97 Å². The molecule has 7 heteroatoms. The van der Waals surface area contributed by atoms with E-state index in [1.807, 2.05) is 0 Å². The second-order valence-corrected chi connectivity index (χ2v) is 5.29. The zero-order valence-electron chi connectivity index (χ0n) is 13.1. The molecule has 0 aliphatic rings. The number of halogens is 4. The van der Waals surface area contributed by atoms with Crippen LogP contribution in [0.15, 0.2) is 54.9 Å². The van der Waals surface area contributed by atoms with Gasteiger partial charge in [0.05, 0.1) is 5.56 Å². The molecule has 0 unspecified atom stereocenters. The minimum atomic E-state index is -4.49. The lowest BCUT2D eigenvalue weighted by molar-refractivity contribution is -0.137. The predicted molar refractivity (Wildman–Crippen MR) is 87.4 cm³/mol. The molecule has 3 rings (SSSR count). The molecule has 3 nitrogen and oxygen atoms in total. The summed E-state index contributed by atoms with van der Waals surface area (Å²) in [6.07, 6.45) is -1.58. The number of hydrogen-bond acceptors (Lipinski definition) is 3. The Hall–Kier alpha value is -2.96. The highest BCUT2D eigenvalue weighted by atomic mass is 19.4. The van der Waals surface area contributed by atoms with E-state index in [1.165, 1.54) is 36.7 Å². The molecule has 3 aromatic rings. The molecule has 0 saturated heterocycles. The normalized spacial score (nSPS) is 11.4. The van der Waals surface area contributed by atoms with E-state index in [-0.39, 0.29) is 16.7 Å². The lowest BCUT2D eigenvalue weighted by atomic mass is 9.98. The van der Waals surface area contributed by atoms with Crippen LogP contribution in [0.5, 0.6) is 0 Å². The lowest BCUT2D eigenvalue weighted by Gasteiger charge is -2.11. The number of rotatable bonds is 3. The minimum Gasteiger partial charge on any atom is -0.357 e. The molecule has 0 radical (unpaired) electrons. The van der Waals surface area contributed by atoms with E-state index in [0.29, 0.717) is 11.5 Å². The number of benzene rings is 2. The van der Waals surface area contributed by atoms with Gasteiger partial charge >= 0.3 is 6.18 Å². The van der Waals surface area contributed by atoms with Crippen LogP contribution in [-0.2, 0) is 6.18 Å². The summed E-state index contributed by atoms with van der Waals surface area (Å²) in [5.74, 6) is -0.235. The van der Waals surface area contributed by atoms with Crippen molar-refractivity contribution in [3.63, 3.8) is 0 Å². The third-order valence-corrected chi connectivity index (χ3v) is 3.69. The van der Waals surface area contributed by atoms with Gasteiger partial charge in [-0.25, -0.2) is 14.4 Å². The summed E-state index contributed by atoms with van der Waals surface area (Å²) in [7, 11) is 1.66. The van der Waals surface area contributed by atoms with Crippen molar-refractivity contribution >= 4 is 5.95 Å². The molecule has 128 valence electrons. The summed E-state index contributed by atoms with van der Waals surface area (Å²) >= 11 is 0. The summed E-state index contributed by atoms with van der Waals surface area (Å²) in [5, 5.41) is 2.76. The monoisotopic (exact) mass is 347 g/mol.